The van der Waals surface area contributed by atoms with Crippen molar-refractivity contribution < 1.29 is 19.1 Å². The third-order valence-electron chi connectivity index (χ3n) is 3.78. The molecule has 0 aliphatic carbocycles. The lowest BCUT2D eigenvalue weighted by atomic mass is 9.96. The highest BCUT2D eigenvalue weighted by molar-refractivity contribution is 5.83. The summed E-state index contributed by atoms with van der Waals surface area (Å²) >= 11 is 0. The molecule has 1 amide bonds. The fourth-order valence-corrected chi connectivity index (χ4v) is 2.54. The van der Waals surface area contributed by atoms with Gasteiger partial charge in [-0.15, -0.1) is 0 Å². The highest BCUT2D eigenvalue weighted by Crippen LogP contribution is 2.24. The van der Waals surface area contributed by atoms with Crippen LogP contribution in [0.15, 0.2) is 66.7 Å². The Labute approximate surface area is 153 Å². The minimum absolute atomic E-state index is 0.231. The van der Waals surface area contributed by atoms with Crippen molar-refractivity contribution in [3.05, 3.63) is 77.9 Å². The molecule has 0 spiro atoms. The van der Waals surface area contributed by atoms with Crippen LogP contribution in [-0.4, -0.2) is 31.8 Å². The van der Waals surface area contributed by atoms with Crippen molar-refractivity contribution in [2.24, 2.45) is 0 Å². The predicted molar refractivity (Wildman–Crippen MR) is 101 cm³/mol. The number of methoxy groups -OCH3 is 1. The number of carbonyl (C=O) groups excluding carboxylic acids is 2. The Balaban J connectivity index is 2.29. The molecule has 0 saturated carbocycles. The summed E-state index contributed by atoms with van der Waals surface area (Å²) in [6, 6.07) is 18.9. The first-order chi connectivity index (χ1) is 12.7. The van der Waals surface area contributed by atoms with Gasteiger partial charge in [-0.2, -0.15) is 0 Å². The van der Waals surface area contributed by atoms with Crippen molar-refractivity contribution in [1.29, 1.82) is 0 Å². The molecule has 1 atom stereocenters. The van der Waals surface area contributed by atoms with Crippen molar-refractivity contribution >= 4 is 17.6 Å². The predicted octanol–water partition coefficient (Wildman–Crippen LogP) is 3.80. The Morgan fingerprint density at radius 1 is 1.00 bits per heavy atom. The van der Waals surface area contributed by atoms with Crippen molar-refractivity contribution in [3.63, 3.8) is 0 Å². The molecule has 0 aromatic heterocycles. The molecule has 0 aliphatic rings. The number of esters is 1. The monoisotopic (exact) mass is 353 g/mol. The molecule has 2 rings (SSSR count). The molecule has 2 aromatic rings. The van der Waals surface area contributed by atoms with Crippen molar-refractivity contribution in [2.75, 3.05) is 13.7 Å². The van der Waals surface area contributed by atoms with E-state index in [1.165, 1.54) is 7.11 Å². The number of rotatable bonds is 7. The molecule has 0 radical (unpaired) electrons. The lowest BCUT2D eigenvalue weighted by molar-refractivity contribution is -0.142. The summed E-state index contributed by atoms with van der Waals surface area (Å²) in [5.41, 5.74) is 3.03. The maximum Gasteiger partial charge on any atom is 0.407 e. The van der Waals surface area contributed by atoms with Crippen LogP contribution in [0.25, 0.3) is 5.57 Å². The van der Waals surface area contributed by atoms with Gasteiger partial charge in [0.2, 0.25) is 0 Å². The van der Waals surface area contributed by atoms with Crippen LogP contribution >= 0.6 is 0 Å². The standard InChI is InChI=1S/C21H23NO4/c1-3-26-21(24)22-19(20(23)25-2)15-14-18(16-10-6-4-7-11-16)17-12-8-5-9-13-17/h4-14,19H,3,15H2,1-2H3,(H,22,24)/t19-/m0/s1. The van der Waals surface area contributed by atoms with E-state index in [1.54, 1.807) is 6.92 Å². The van der Waals surface area contributed by atoms with Crippen LogP contribution in [-0.2, 0) is 14.3 Å². The van der Waals surface area contributed by atoms with Crippen molar-refractivity contribution in [2.45, 2.75) is 19.4 Å². The summed E-state index contributed by atoms with van der Waals surface area (Å²) in [7, 11) is 1.29. The summed E-state index contributed by atoms with van der Waals surface area (Å²) in [5.74, 6) is -0.519. The van der Waals surface area contributed by atoms with E-state index in [2.05, 4.69) is 5.32 Å². The molecule has 2 aromatic carbocycles. The number of amides is 1. The normalized spacial score (nSPS) is 11.2. The molecule has 5 heteroatoms. The summed E-state index contributed by atoms with van der Waals surface area (Å²) in [5, 5.41) is 2.55. The minimum atomic E-state index is -0.818. The lowest BCUT2D eigenvalue weighted by Gasteiger charge is -2.16. The second-order valence-corrected chi connectivity index (χ2v) is 5.53. The fraction of sp³-hybridized carbons (Fsp3) is 0.238. The molecule has 0 heterocycles. The van der Waals surface area contributed by atoms with Gasteiger partial charge in [0.25, 0.3) is 0 Å². The van der Waals surface area contributed by atoms with E-state index in [0.717, 1.165) is 16.7 Å². The number of hydrogen-bond acceptors (Lipinski definition) is 4. The molecule has 0 aliphatic heterocycles. The molecule has 0 fully saturated rings. The Hall–Kier alpha value is -3.08. The van der Waals surface area contributed by atoms with Crippen molar-refractivity contribution in [3.8, 4) is 0 Å². The lowest BCUT2D eigenvalue weighted by Crippen LogP contribution is -2.41. The zero-order valence-electron chi connectivity index (χ0n) is 15.0. The fourth-order valence-electron chi connectivity index (χ4n) is 2.54. The molecule has 26 heavy (non-hydrogen) atoms. The summed E-state index contributed by atoms with van der Waals surface area (Å²) in [4.78, 5) is 23.7. The van der Waals surface area contributed by atoms with E-state index in [4.69, 9.17) is 9.47 Å². The summed E-state index contributed by atoms with van der Waals surface area (Å²) in [6.07, 6.45) is 1.57. The van der Waals surface area contributed by atoms with Gasteiger partial charge in [0.1, 0.15) is 6.04 Å². The number of nitrogens with one attached hydrogen (secondary N) is 1. The molecule has 0 unspecified atom stereocenters. The average molecular weight is 353 g/mol. The first-order valence-corrected chi connectivity index (χ1v) is 8.47. The second-order valence-electron chi connectivity index (χ2n) is 5.53. The maximum absolute atomic E-state index is 12.0. The number of benzene rings is 2. The Morgan fingerprint density at radius 2 is 1.54 bits per heavy atom. The maximum atomic E-state index is 12.0. The van der Waals surface area contributed by atoms with Crippen molar-refractivity contribution in [1.82, 2.24) is 5.32 Å². The average Bonchev–Trinajstić information content (AvgIpc) is 2.68. The molecule has 0 bridgehead atoms. The van der Waals surface area contributed by atoms with Crippen LogP contribution in [0.1, 0.15) is 24.5 Å². The summed E-state index contributed by atoms with van der Waals surface area (Å²) in [6.45, 7) is 1.93. The van der Waals surface area contributed by atoms with Gasteiger partial charge in [0, 0.05) is 0 Å². The molecular formula is C21H23NO4. The van der Waals surface area contributed by atoms with Crippen LogP contribution in [0.5, 0.6) is 0 Å². The van der Waals surface area contributed by atoms with Crippen LogP contribution in [0.4, 0.5) is 4.79 Å². The number of carbonyl (C=O) groups is 2. The second kappa shape index (κ2) is 10.0. The molecule has 0 saturated heterocycles. The topological polar surface area (TPSA) is 64.6 Å². The van der Waals surface area contributed by atoms with Crippen LogP contribution in [0, 0.1) is 0 Å². The van der Waals surface area contributed by atoms with E-state index >= 15 is 0 Å². The van der Waals surface area contributed by atoms with Gasteiger partial charge in [-0.1, -0.05) is 66.7 Å². The number of hydrogen-bond donors (Lipinski definition) is 1. The van der Waals surface area contributed by atoms with E-state index in [0.29, 0.717) is 0 Å². The summed E-state index contributed by atoms with van der Waals surface area (Å²) < 4.78 is 9.66. The van der Waals surface area contributed by atoms with Gasteiger partial charge >= 0.3 is 12.1 Å². The number of ether oxygens (including phenoxy) is 2. The zero-order chi connectivity index (χ0) is 18.8. The van der Waals surface area contributed by atoms with E-state index in [-0.39, 0.29) is 13.0 Å². The Morgan fingerprint density at radius 3 is 2.00 bits per heavy atom. The quantitative estimate of drug-likeness (QED) is 0.769. The van der Waals surface area contributed by atoms with E-state index in [9.17, 15) is 9.59 Å². The zero-order valence-corrected chi connectivity index (χ0v) is 15.0. The van der Waals surface area contributed by atoms with E-state index in [1.807, 2.05) is 66.7 Å². The van der Waals surface area contributed by atoms with Gasteiger partial charge in [-0.25, -0.2) is 9.59 Å². The molecular weight excluding hydrogens is 330 g/mol. The van der Waals surface area contributed by atoms with E-state index < -0.39 is 18.1 Å². The van der Waals surface area contributed by atoms with Gasteiger partial charge < -0.3 is 14.8 Å². The third-order valence-corrected chi connectivity index (χ3v) is 3.78. The molecule has 1 N–H and O–H groups in total. The Kier molecular flexibility index (Phi) is 7.43. The molecule has 136 valence electrons. The minimum Gasteiger partial charge on any atom is -0.467 e. The van der Waals surface area contributed by atoms with Crippen LogP contribution < -0.4 is 5.32 Å². The van der Waals surface area contributed by atoms with Gasteiger partial charge in [-0.05, 0) is 30.0 Å². The first-order valence-electron chi connectivity index (χ1n) is 8.47. The highest BCUT2D eigenvalue weighted by Gasteiger charge is 2.21. The largest absolute Gasteiger partial charge is 0.467 e. The SMILES string of the molecule is CCOC(=O)N[C@@H](CC=C(c1ccccc1)c1ccccc1)C(=O)OC. The van der Waals surface area contributed by atoms with Gasteiger partial charge in [0.15, 0.2) is 0 Å². The smallest absolute Gasteiger partial charge is 0.407 e. The van der Waals surface area contributed by atoms with Gasteiger partial charge in [-0.3, -0.25) is 0 Å². The molecule has 5 nitrogen and oxygen atoms in total. The Bertz CT molecular complexity index is 700. The highest BCUT2D eigenvalue weighted by atomic mass is 16.6. The number of alkyl carbamates (subject to hydrolysis) is 1. The van der Waals surface area contributed by atoms with Crippen LogP contribution in [0.3, 0.4) is 0 Å². The first kappa shape index (κ1) is 19.2. The van der Waals surface area contributed by atoms with Gasteiger partial charge in [0.05, 0.1) is 13.7 Å². The third kappa shape index (κ3) is 5.48. The van der Waals surface area contributed by atoms with Crippen LogP contribution in [0.2, 0.25) is 0 Å².